The molecule has 1 unspecified atom stereocenters. The fourth-order valence-corrected chi connectivity index (χ4v) is 4.16. The summed E-state index contributed by atoms with van der Waals surface area (Å²) in [7, 11) is 0. The summed E-state index contributed by atoms with van der Waals surface area (Å²) in [6, 6.07) is 18.4. The number of imidazole rings is 1. The van der Waals surface area contributed by atoms with Crippen molar-refractivity contribution in [2.75, 3.05) is 0 Å². The number of aromatic nitrogens is 6. The van der Waals surface area contributed by atoms with Gasteiger partial charge in [-0.1, -0.05) is 68.8 Å². The van der Waals surface area contributed by atoms with Crippen molar-refractivity contribution in [2.45, 2.75) is 58.6 Å². The Morgan fingerprint density at radius 1 is 1.09 bits per heavy atom. The number of nitriles is 1. The normalized spacial score (nSPS) is 12.9. The fraction of sp³-hybridized carbons (Fsp3) is 0.346. The molecule has 2 N–H and O–H groups in total. The van der Waals surface area contributed by atoms with Crippen LogP contribution in [0.3, 0.4) is 0 Å². The summed E-state index contributed by atoms with van der Waals surface area (Å²) >= 11 is 0. The highest BCUT2D eigenvalue weighted by Crippen LogP contribution is 2.32. The summed E-state index contributed by atoms with van der Waals surface area (Å²) in [5.41, 5.74) is 3.79. The van der Waals surface area contributed by atoms with E-state index in [1.54, 1.807) is 6.92 Å². The standard InChI is InChI=1S/C26H29N7O/c1-4-6-11-23-28-22(16-27)24(26(3,34)5-2)33(23)17-18-12-14-19(15-13-18)20-9-7-8-10-21(20)25-29-31-32-30-25/h7-10,12-15,34H,4-6,11,17H2,1-3H3,(H,29,30,31,32). The van der Waals surface area contributed by atoms with Crippen molar-refractivity contribution in [3.8, 4) is 28.6 Å². The Kier molecular flexibility index (Phi) is 6.85. The van der Waals surface area contributed by atoms with E-state index in [4.69, 9.17) is 0 Å². The molecule has 34 heavy (non-hydrogen) atoms. The second kappa shape index (κ2) is 9.98. The molecule has 1 atom stereocenters. The maximum atomic E-state index is 11.1. The van der Waals surface area contributed by atoms with E-state index in [0.29, 0.717) is 30.2 Å². The van der Waals surface area contributed by atoms with Gasteiger partial charge in [0, 0.05) is 18.5 Å². The zero-order chi connectivity index (χ0) is 24.1. The molecule has 8 nitrogen and oxygen atoms in total. The number of hydrogen-bond donors (Lipinski definition) is 2. The van der Waals surface area contributed by atoms with E-state index in [-0.39, 0.29) is 0 Å². The molecule has 8 heteroatoms. The van der Waals surface area contributed by atoms with Gasteiger partial charge in [0.05, 0.1) is 5.69 Å². The number of aliphatic hydroxyl groups is 1. The topological polar surface area (TPSA) is 116 Å². The zero-order valence-electron chi connectivity index (χ0n) is 19.8. The van der Waals surface area contributed by atoms with Gasteiger partial charge >= 0.3 is 0 Å². The number of rotatable bonds is 9. The Labute approximate surface area is 199 Å². The maximum Gasteiger partial charge on any atom is 0.205 e. The van der Waals surface area contributed by atoms with Gasteiger partial charge in [-0.15, -0.1) is 10.2 Å². The average Bonchev–Trinajstić information content (AvgIpc) is 3.52. The van der Waals surface area contributed by atoms with Crippen molar-refractivity contribution >= 4 is 0 Å². The molecule has 0 spiro atoms. The van der Waals surface area contributed by atoms with Crippen LogP contribution in [0.1, 0.15) is 62.8 Å². The molecule has 4 aromatic rings. The molecular weight excluding hydrogens is 426 g/mol. The quantitative estimate of drug-likeness (QED) is 0.381. The van der Waals surface area contributed by atoms with E-state index >= 15 is 0 Å². The molecule has 0 bridgehead atoms. The first-order valence-corrected chi connectivity index (χ1v) is 11.6. The minimum Gasteiger partial charge on any atom is -0.384 e. The molecule has 0 amide bonds. The number of nitrogens with zero attached hydrogens (tertiary/aromatic N) is 6. The first kappa shape index (κ1) is 23.3. The van der Waals surface area contributed by atoms with Gasteiger partial charge in [-0.25, -0.2) is 4.98 Å². The third kappa shape index (κ3) is 4.61. The lowest BCUT2D eigenvalue weighted by Gasteiger charge is -2.24. The number of H-pyrrole nitrogens is 1. The van der Waals surface area contributed by atoms with Crippen LogP contribution in [0.15, 0.2) is 48.5 Å². The second-order valence-corrected chi connectivity index (χ2v) is 8.63. The first-order chi connectivity index (χ1) is 16.5. The van der Waals surface area contributed by atoms with Crippen molar-refractivity contribution < 1.29 is 5.11 Å². The Morgan fingerprint density at radius 2 is 1.82 bits per heavy atom. The van der Waals surface area contributed by atoms with E-state index in [9.17, 15) is 10.4 Å². The summed E-state index contributed by atoms with van der Waals surface area (Å²) in [5.74, 6) is 1.39. The SMILES string of the molecule is CCCCc1nc(C#N)c(C(C)(O)CC)n1Cc1ccc(-c2ccccc2-c2nn[nH]n2)cc1. The van der Waals surface area contributed by atoms with Gasteiger partial charge in [0.1, 0.15) is 17.5 Å². The monoisotopic (exact) mass is 455 g/mol. The molecule has 0 aliphatic heterocycles. The van der Waals surface area contributed by atoms with E-state index in [2.05, 4.69) is 62.9 Å². The van der Waals surface area contributed by atoms with Crippen LogP contribution in [-0.4, -0.2) is 35.3 Å². The predicted molar refractivity (Wildman–Crippen MR) is 130 cm³/mol. The van der Waals surface area contributed by atoms with E-state index in [1.807, 2.05) is 35.8 Å². The molecule has 0 aliphatic rings. The molecule has 2 heterocycles. The van der Waals surface area contributed by atoms with Crippen LogP contribution >= 0.6 is 0 Å². The van der Waals surface area contributed by atoms with Gasteiger partial charge in [0.2, 0.25) is 5.82 Å². The Bertz CT molecular complexity index is 1280. The Morgan fingerprint density at radius 3 is 2.44 bits per heavy atom. The predicted octanol–water partition coefficient (Wildman–Crippen LogP) is 4.61. The summed E-state index contributed by atoms with van der Waals surface area (Å²) in [5, 5.41) is 35.2. The van der Waals surface area contributed by atoms with Gasteiger partial charge in [0.25, 0.3) is 0 Å². The van der Waals surface area contributed by atoms with Crippen molar-refractivity contribution in [3.05, 3.63) is 71.3 Å². The van der Waals surface area contributed by atoms with Gasteiger partial charge < -0.3 is 9.67 Å². The van der Waals surface area contributed by atoms with Crippen LogP contribution in [0.5, 0.6) is 0 Å². The van der Waals surface area contributed by atoms with Gasteiger partial charge in [-0.05, 0) is 41.7 Å². The summed E-state index contributed by atoms with van der Waals surface area (Å²) in [4.78, 5) is 4.60. The van der Waals surface area contributed by atoms with Crippen LogP contribution in [0.25, 0.3) is 22.5 Å². The third-order valence-electron chi connectivity index (χ3n) is 6.22. The Balaban J connectivity index is 1.70. The van der Waals surface area contributed by atoms with Crippen molar-refractivity contribution in [3.63, 3.8) is 0 Å². The van der Waals surface area contributed by atoms with Crippen LogP contribution in [0.4, 0.5) is 0 Å². The first-order valence-electron chi connectivity index (χ1n) is 11.6. The molecule has 4 rings (SSSR count). The number of benzene rings is 2. The van der Waals surface area contributed by atoms with Gasteiger partial charge in [-0.2, -0.15) is 10.5 Å². The molecule has 0 saturated carbocycles. The molecule has 0 fully saturated rings. The average molecular weight is 456 g/mol. The fourth-order valence-electron chi connectivity index (χ4n) is 4.16. The summed E-state index contributed by atoms with van der Waals surface area (Å²) in [6.45, 7) is 6.34. The lowest BCUT2D eigenvalue weighted by atomic mass is 9.96. The highest BCUT2D eigenvalue weighted by molar-refractivity contribution is 5.80. The summed E-state index contributed by atoms with van der Waals surface area (Å²) in [6.07, 6.45) is 3.26. The number of hydrogen-bond acceptors (Lipinski definition) is 6. The van der Waals surface area contributed by atoms with Gasteiger partial charge in [-0.3, -0.25) is 0 Å². The smallest absolute Gasteiger partial charge is 0.205 e. The molecule has 0 radical (unpaired) electrons. The summed E-state index contributed by atoms with van der Waals surface area (Å²) < 4.78 is 2.03. The molecule has 0 saturated heterocycles. The van der Waals surface area contributed by atoms with Crippen LogP contribution in [0, 0.1) is 11.3 Å². The molecule has 2 aromatic carbocycles. The van der Waals surface area contributed by atoms with Crippen LogP contribution in [-0.2, 0) is 18.6 Å². The number of aromatic amines is 1. The largest absolute Gasteiger partial charge is 0.384 e. The van der Waals surface area contributed by atoms with E-state index < -0.39 is 5.60 Å². The van der Waals surface area contributed by atoms with Gasteiger partial charge in [0.15, 0.2) is 5.69 Å². The molecule has 0 aliphatic carbocycles. The lowest BCUT2D eigenvalue weighted by molar-refractivity contribution is 0.0445. The number of nitrogens with one attached hydrogen (secondary N) is 1. The molecule has 174 valence electrons. The highest BCUT2D eigenvalue weighted by atomic mass is 16.3. The molecule has 2 aromatic heterocycles. The second-order valence-electron chi connectivity index (χ2n) is 8.63. The van der Waals surface area contributed by atoms with Crippen molar-refractivity contribution in [1.29, 1.82) is 5.26 Å². The van der Waals surface area contributed by atoms with Crippen LogP contribution in [0.2, 0.25) is 0 Å². The molecular formula is C26H29N7O. The lowest BCUT2D eigenvalue weighted by Crippen LogP contribution is -2.26. The third-order valence-corrected chi connectivity index (χ3v) is 6.22. The minimum atomic E-state index is -1.13. The Hall–Kier alpha value is -3.83. The van der Waals surface area contributed by atoms with E-state index in [1.165, 1.54) is 0 Å². The van der Waals surface area contributed by atoms with Crippen molar-refractivity contribution in [1.82, 2.24) is 30.2 Å². The number of aryl methyl sites for hydroxylation is 1. The van der Waals surface area contributed by atoms with Crippen LogP contribution < -0.4 is 0 Å². The zero-order valence-corrected chi connectivity index (χ0v) is 19.8. The minimum absolute atomic E-state index is 0.309. The van der Waals surface area contributed by atoms with E-state index in [0.717, 1.165) is 47.3 Å². The number of tetrazole rings is 1. The highest BCUT2D eigenvalue weighted by Gasteiger charge is 2.31. The maximum absolute atomic E-state index is 11.1. The number of unbranched alkanes of at least 4 members (excludes halogenated alkanes) is 1. The van der Waals surface area contributed by atoms with Crippen molar-refractivity contribution in [2.24, 2.45) is 0 Å².